The lowest BCUT2D eigenvalue weighted by Crippen LogP contribution is -2.26. The van der Waals surface area contributed by atoms with Gasteiger partial charge in [-0.3, -0.25) is 0 Å². The third-order valence-electron chi connectivity index (χ3n) is 2.69. The predicted octanol–water partition coefficient (Wildman–Crippen LogP) is 1.40. The molecule has 0 fully saturated rings. The van der Waals surface area contributed by atoms with Gasteiger partial charge in [0.15, 0.2) is 12.6 Å². The number of hydrogen-bond acceptors (Lipinski definition) is 8. The highest BCUT2D eigenvalue weighted by molar-refractivity contribution is 6.03. The predicted molar refractivity (Wildman–Crippen MR) is 81.7 cm³/mol. The van der Waals surface area contributed by atoms with E-state index in [0.717, 1.165) is 0 Å². The lowest BCUT2D eigenvalue weighted by molar-refractivity contribution is -0.193. The van der Waals surface area contributed by atoms with Crippen molar-refractivity contribution >= 4 is 11.9 Å². The molecule has 0 bridgehead atoms. The van der Waals surface area contributed by atoms with Gasteiger partial charge in [-0.05, 0) is 39.8 Å². The van der Waals surface area contributed by atoms with Gasteiger partial charge in [-0.15, -0.1) is 0 Å². The summed E-state index contributed by atoms with van der Waals surface area (Å²) in [7, 11) is 0. The molecule has 24 heavy (non-hydrogen) atoms. The molecule has 0 aliphatic carbocycles. The zero-order valence-corrected chi connectivity index (χ0v) is 14.0. The lowest BCUT2D eigenvalue weighted by Gasteiger charge is -2.18. The number of benzene rings is 1. The Bertz CT molecular complexity index is 506. The topological polar surface area (TPSA) is 112 Å². The molecule has 1 rings (SSSR count). The minimum absolute atomic E-state index is 0.0206. The van der Waals surface area contributed by atoms with E-state index in [9.17, 15) is 9.59 Å². The Labute approximate surface area is 139 Å². The summed E-state index contributed by atoms with van der Waals surface area (Å²) in [6, 6.07) is 5.91. The number of hydrogen-bond donors (Lipinski definition) is 2. The van der Waals surface area contributed by atoms with Crippen LogP contribution in [-0.4, -0.2) is 47.3 Å². The number of aliphatic hydroxyl groups is 2. The summed E-state index contributed by atoms with van der Waals surface area (Å²) >= 11 is 0. The Morgan fingerprint density at radius 1 is 0.792 bits per heavy atom. The first kappa shape index (κ1) is 20.0. The minimum atomic E-state index is -1.11. The molecule has 0 spiro atoms. The quantitative estimate of drug-likeness (QED) is 0.539. The molecule has 0 aliphatic rings. The number of aliphatic hydroxyl groups excluding tert-OH is 2. The summed E-state index contributed by atoms with van der Waals surface area (Å²) in [5, 5.41) is 18.2. The van der Waals surface area contributed by atoms with Gasteiger partial charge < -0.3 is 29.2 Å². The molecule has 8 nitrogen and oxygen atoms in total. The first-order valence-electron chi connectivity index (χ1n) is 7.38. The Morgan fingerprint density at radius 2 is 1.12 bits per heavy atom. The van der Waals surface area contributed by atoms with Gasteiger partial charge in [-0.2, -0.15) is 0 Å². The van der Waals surface area contributed by atoms with E-state index in [1.54, 1.807) is 12.1 Å². The Kier molecular flexibility index (Phi) is 7.80. The molecule has 1 aromatic carbocycles. The fourth-order valence-corrected chi connectivity index (χ4v) is 1.88. The van der Waals surface area contributed by atoms with E-state index in [-0.39, 0.29) is 11.1 Å². The third-order valence-corrected chi connectivity index (χ3v) is 2.69. The van der Waals surface area contributed by atoms with Crippen molar-refractivity contribution in [3.63, 3.8) is 0 Å². The Balaban J connectivity index is 2.83. The van der Waals surface area contributed by atoms with Crippen LogP contribution in [0, 0.1) is 0 Å². The van der Waals surface area contributed by atoms with Gasteiger partial charge in [-0.1, -0.05) is 12.1 Å². The summed E-state index contributed by atoms with van der Waals surface area (Å²) < 4.78 is 19.8. The van der Waals surface area contributed by atoms with Gasteiger partial charge in [-0.25, -0.2) is 9.59 Å². The fourth-order valence-electron chi connectivity index (χ4n) is 1.88. The largest absolute Gasteiger partial charge is 0.432 e. The SMILES string of the molecule is CC(O)OC(C)OC(=O)c1ccccc1C(=O)OC(C)OC(C)O. The highest BCUT2D eigenvalue weighted by atomic mass is 16.7. The molecule has 0 aromatic heterocycles. The second-order valence-electron chi connectivity index (χ2n) is 4.96. The monoisotopic (exact) mass is 342 g/mol. The van der Waals surface area contributed by atoms with Crippen LogP contribution < -0.4 is 0 Å². The van der Waals surface area contributed by atoms with Crippen molar-refractivity contribution in [1.29, 1.82) is 0 Å². The van der Waals surface area contributed by atoms with Crippen LogP contribution in [0.4, 0.5) is 0 Å². The second kappa shape index (κ2) is 9.33. The number of carbonyl (C=O) groups excluding carboxylic acids is 2. The smallest absolute Gasteiger partial charge is 0.341 e. The molecule has 0 saturated carbocycles. The summed E-state index contributed by atoms with van der Waals surface area (Å²) in [5.74, 6) is -1.61. The molecule has 0 heterocycles. The van der Waals surface area contributed by atoms with Crippen molar-refractivity contribution in [2.75, 3.05) is 0 Å². The molecule has 4 atom stereocenters. The van der Waals surface area contributed by atoms with Crippen LogP contribution in [0.1, 0.15) is 48.4 Å². The molecule has 0 radical (unpaired) electrons. The van der Waals surface area contributed by atoms with Gasteiger partial charge in [0.2, 0.25) is 12.6 Å². The first-order chi connectivity index (χ1) is 11.2. The van der Waals surface area contributed by atoms with Crippen molar-refractivity contribution in [1.82, 2.24) is 0 Å². The van der Waals surface area contributed by atoms with Crippen LogP contribution in [0.15, 0.2) is 24.3 Å². The van der Waals surface area contributed by atoms with E-state index in [2.05, 4.69) is 0 Å². The first-order valence-corrected chi connectivity index (χ1v) is 7.38. The molecular formula is C16H22O8. The van der Waals surface area contributed by atoms with E-state index in [1.165, 1.54) is 39.8 Å². The summed E-state index contributed by atoms with van der Waals surface area (Å²) in [4.78, 5) is 24.3. The molecule has 134 valence electrons. The van der Waals surface area contributed by atoms with Crippen LogP contribution in [0.25, 0.3) is 0 Å². The van der Waals surface area contributed by atoms with Gasteiger partial charge >= 0.3 is 11.9 Å². The molecule has 1 aromatic rings. The van der Waals surface area contributed by atoms with Crippen molar-refractivity contribution in [2.45, 2.75) is 52.9 Å². The average molecular weight is 342 g/mol. The van der Waals surface area contributed by atoms with Crippen LogP contribution in [-0.2, 0) is 18.9 Å². The zero-order chi connectivity index (χ0) is 18.3. The van der Waals surface area contributed by atoms with E-state index in [0.29, 0.717) is 0 Å². The summed E-state index contributed by atoms with van der Waals surface area (Å²) in [6.45, 7) is 5.62. The fraction of sp³-hybridized carbons (Fsp3) is 0.500. The van der Waals surface area contributed by atoms with Crippen molar-refractivity contribution in [3.8, 4) is 0 Å². The Morgan fingerprint density at radius 3 is 1.42 bits per heavy atom. The molecule has 4 unspecified atom stereocenters. The molecule has 0 saturated heterocycles. The standard InChI is InChI=1S/C16H22O8/c1-9(17)21-11(3)23-15(19)13-7-5-6-8-14(13)16(20)24-12(4)22-10(2)18/h5-12,17-18H,1-4H3. The summed E-state index contributed by atoms with van der Waals surface area (Å²) in [5.41, 5.74) is -0.0411. The van der Waals surface area contributed by atoms with Gasteiger partial charge in [0, 0.05) is 0 Å². The highest BCUT2D eigenvalue weighted by Crippen LogP contribution is 2.15. The maximum absolute atomic E-state index is 12.2. The van der Waals surface area contributed by atoms with E-state index < -0.39 is 37.1 Å². The number of rotatable bonds is 8. The van der Waals surface area contributed by atoms with Crippen LogP contribution in [0.3, 0.4) is 0 Å². The second-order valence-corrected chi connectivity index (χ2v) is 4.96. The molecule has 0 aliphatic heterocycles. The van der Waals surface area contributed by atoms with Gasteiger partial charge in [0.1, 0.15) is 0 Å². The molecule has 2 N–H and O–H groups in total. The van der Waals surface area contributed by atoms with Crippen LogP contribution in [0.5, 0.6) is 0 Å². The number of esters is 2. The average Bonchev–Trinajstić information content (AvgIpc) is 2.45. The van der Waals surface area contributed by atoms with Crippen molar-refractivity contribution in [2.24, 2.45) is 0 Å². The minimum Gasteiger partial charge on any atom is -0.432 e. The highest BCUT2D eigenvalue weighted by Gasteiger charge is 2.23. The van der Waals surface area contributed by atoms with Gasteiger partial charge in [0.25, 0.3) is 0 Å². The molecule has 8 heteroatoms. The number of carbonyl (C=O) groups is 2. The van der Waals surface area contributed by atoms with Crippen LogP contribution >= 0.6 is 0 Å². The van der Waals surface area contributed by atoms with E-state index in [1.807, 2.05) is 0 Å². The maximum Gasteiger partial charge on any atom is 0.341 e. The van der Waals surface area contributed by atoms with Crippen molar-refractivity contribution in [3.05, 3.63) is 35.4 Å². The summed E-state index contributed by atoms with van der Waals surface area (Å²) in [6.07, 6.45) is -4.21. The van der Waals surface area contributed by atoms with Gasteiger partial charge in [0.05, 0.1) is 11.1 Å². The molecule has 0 amide bonds. The van der Waals surface area contributed by atoms with Crippen LogP contribution in [0.2, 0.25) is 0 Å². The maximum atomic E-state index is 12.2. The van der Waals surface area contributed by atoms with E-state index >= 15 is 0 Å². The Hall–Kier alpha value is -2.00. The normalized spacial score (nSPS) is 15.9. The number of ether oxygens (including phenoxy) is 4. The third kappa shape index (κ3) is 6.63. The van der Waals surface area contributed by atoms with Crippen molar-refractivity contribution < 1.29 is 38.7 Å². The zero-order valence-electron chi connectivity index (χ0n) is 14.0. The van der Waals surface area contributed by atoms with E-state index in [4.69, 9.17) is 29.2 Å². The molecular weight excluding hydrogens is 320 g/mol. The lowest BCUT2D eigenvalue weighted by atomic mass is 10.1.